The van der Waals surface area contributed by atoms with Gasteiger partial charge in [-0.2, -0.15) is 0 Å². The molecule has 60 valence electrons. The molecule has 0 aliphatic heterocycles. The summed E-state index contributed by atoms with van der Waals surface area (Å²) in [6.07, 6.45) is 2.78. The quantitative estimate of drug-likeness (QED) is 0.542. The molecule has 1 aliphatic rings. The summed E-state index contributed by atoms with van der Waals surface area (Å²) in [5.41, 5.74) is 5.45. The molecule has 0 radical (unpaired) electrons. The Balaban J connectivity index is 1.93. The lowest BCUT2D eigenvalue weighted by atomic mass is 9.82. The van der Waals surface area contributed by atoms with E-state index in [1.807, 2.05) is 7.05 Å². The summed E-state index contributed by atoms with van der Waals surface area (Å²) < 4.78 is 5.39. The minimum atomic E-state index is 0.473. The van der Waals surface area contributed by atoms with Gasteiger partial charge in [0.15, 0.2) is 0 Å². The molecule has 0 saturated heterocycles. The third kappa shape index (κ3) is 1.94. The molecule has 1 aliphatic carbocycles. The summed E-state index contributed by atoms with van der Waals surface area (Å²) in [6, 6.07) is 0. The van der Waals surface area contributed by atoms with Crippen LogP contribution in [-0.2, 0) is 4.74 Å². The van der Waals surface area contributed by atoms with Crippen LogP contribution in [0.15, 0.2) is 0 Å². The molecule has 0 bridgehead atoms. The molecular weight excluding hydrogens is 128 g/mol. The summed E-state index contributed by atoms with van der Waals surface area (Å²) in [5.74, 6) is 0.724. The highest BCUT2D eigenvalue weighted by atomic mass is 16.5. The van der Waals surface area contributed by atoms with E-state index in [4.69, 9.17) is 10.5 Å². The van der Waals surface area contributed by atoms with E-state index in [-0.39, 0.29) is 0 Å². The maximum absolute atomic E-state index is 5.45. The van der Waals surface area contributed by atoms with Crippen LogP contribution in [0.4, 0.5) is 0 Å². The largest absolute Gasteiger partial charge is 0.363 e. The summed E-state index contributed by atoms with van der Waals surface area (Å²) in [6.45, 7) is 1.49. The van der Waals surface area contributed by atoms with Gasteiger partial charge in [-0.3, -0.25) is 5.32 Å². The molecule has 1 saturated carbocycles. The Labute approximate surface area is 61.9 Å². The average molecular weight is 144 g/mol. The zero-order valence-electron chi connectivity index (χ0n) is 6.47. The highest BCUT2D eigenvalue weighted by molar-refractivity contribution is 4.80. The number of nitrogens with one attached hydrogen (secondary N) is 1. The van der Waals surface area contributed by atoms with Crippen LogP contribution < -0.4 is 11.1 Å². The molecule has 3 N–H and O–H groups in total. The molecule has 0 aromatic heterocycles. The first-order valence-corrected chi connectivity index (χ1v) is 3.83. The van der Waals surface area contributed by atoms with Crippen molar-refractivity contribution < 1.29 is 4.74 Å². The normalized spacial score (nSPS) is 31.8. The van der Waals surface area contributed by atoms with Gasteiger partial charge >= 0.3 is 0 Å². The molecule has 0 atom stereocenters. The number of nitrogens with two attached hydrogens (primary N) is 1. The van der Waals surface area contributed by atoms with Crippen LogP contribution in [0, 0.1) is 5.92 Å². The van der Waals surface area contributed by atoms with Gasteiger partial charge in [0, 0.05) is 0 Å². The molecule has 0 aromatic rings. The first-order valence-electron chi connectivity index (χ1n) is 3.83. The van der Waals surface area contributed by atoms with E-state index in [9.17, 15) is 0 Å². The third-order valence-electron chi connectivity index (χ3n) is 1.99. The standard InChI is InChI=1S/C7H16N2O/c1-9-5-10-7-2-6(3-7)4-8/h6-7,9H,2-5,8H2,1H3. The fourth-order valence-corrected chi connectivity index (χ4v) is 1.20. The van der Waals surface area contributed by atoms with Gasteiger partial charge in [-0.15, -0.1) is 0 Å². The summed E-state index contributed by atoms with van der Waals surface area (Å²) >= 11 is 0. The maximum atomic E-state index is 5.45. The van der Waals surface area contributed by atoms with E-state index >= 15 is 0 Å². The Morgan fingerprint density at radius 3 is 2.80 bits per heavy atom. The first-order chi connectivity index (χ1) is 4.86. The lowest BCUT2D eigenvalue weighted by Gasteiger charge is -2.33. The summed E-state index contributed by atoms with van der Waals surface area (Å²) in [4.78, 5) is 0. The Hall–Kier alpha value is -0.120. The molecule has 0 aromatic carbocycles. The monoisotopic (exact) mass is 144 g/mol. The molecule has 0 heterocycles. The zero-order chi connectivity index (χ0) is 7.40. The summed E-state index contributed by atoms with van der Waals surface area (Å²) in [5, 5.41) is 2.95. The first kappa shape index (κ1) is 7.98. The SMILES string of the molecule is CNCOC1CC(CN)C1. The van der Waals surface area contributed by atoms with Gasteiger partial charge in [-0.25, -0.2) is 0 Å². The third-order valence-corrected chi connectivity index (χ3v) is 1.99. The van der Waals surface area contributed by atoms with E-state index in [1.54, 1.807) is 0 Å². The van der Waals surface area contributed by atoms with Crippen LogP contribution in [0.25, 0.3) is 0 Å². The second-order valence-corrected chi connectivity index (χ2v) is 2.86. The van der Waals surface area contributed by atoms with Crippen molar-refractivity contribution in [1.82, 2.24) is 5.32 Å². The van der Waals surface area contributed by atoms with Crippen LogP contribution in [0.3, 0.4) is 0 Å². The van der Waals surface area contributed by atoms with E-state index < -0.39 is 0 Å². The molecule has 3 heteroatoms. The molecule has 1 fully saturated rings. The van der Waals surface area contributed by atoms with Crippen molar-refractivity contribution in [2.45, 2.75) is 18.9 Å². The van der Waals surface area contributed by atoms with Gasteiger partial charge in [0.1, 0.15) is 0 Å². The number of ether oxygens (including phenoxy) is 1. The highest BCUT2D eigenvalue weighted by Crippen LogP contribution is 2.28. The molecule has 10 heavy (non-hydrogen) atoms. The Kier molecular flexibility index (Phi) is 3.12. The van der Waals surface area contributed by atoms with Crippen molar-refractivity contribution >= 4 is 0 Å². The van der Waals surface area contributed by atoms with Gasteiger partial charge in [-0.1, -0.05) is 0 Å². The molecule has 0 unspecified atom stereocenters. The predicted molar refractivity (Wildman–Crippen MR) is 40.6 cm³/mol. The molecular formula is C7H16N2O. The second-order valence-electron chi connectivity index (χ2n) is 2.86. The number of hydrogen-bond donors (Lipinski definition) is 2. The topological polar surface area (TPSA) is 47.3 Å². The minimum absolute atomic E-state index is 0.473. The van der Waals surface area contributed by atoms with Crippen LogP contribution in [0.2, 0.25) is 0 Å². The van der Waals surface area contributed by atoms with Crippen LogP contribution in [-0.4, -0.2) is 26.4 Å². The van der Waals surface area contributed by atoms with Crippen molar-refractivity contribution in [3.8, 4) is 0 Å². The predicted octanol–water partition coefficient (Wildman–Crippen LogP) is -0.0828. The second kappa shape index (κ2) is 3.91. The minimum Gasteiger partial charge on any atom is -0.363 e. The number of rotatable bonds is 4. The number of hydrogen-bond acceptors (Lipinski definition) is 3. The van der Waals surface area contributed by atoms with Gasteiger partial charge in [0.25, 0.3) is 0 Å². The van der Waals surface area contributed by atoms with Crippen molar-refractivity contribution in [3.63, 3.8) is 0 Å². The fourth-order valence-electron chi connectivity index (χ4n) is 1.20. The molecule has 1 rings (SSSR count). The zero-order valence-corrected chi connectivity index (χ0v) is 6.47. The van der Waals surface area contributed by atoms with Gasteiger partial charge < -0.3 is 10.5 Å². The Morgan fingerprint density at radius 2 is 2.30 bits per heavy atom. The van der Waals surface area contributed by atoms with Crippen molar-refractivity contribution in [3.05, 3.63) is 0 Å². The van der Waals surface area contributed by atoms with E-state index in [0.29, 0.717) is 12.8 Å². The average Bonchev–Trinajstić information content (AvgIpc) is 1.86. The van der Waals surface area contributed by atoms with Crippen LogP contribution in [0.5, 0.6) is 0 Å². The maximum Gasteiger partial charge on any atom is 0.0966 e. The van der Waals surface area contributed by atoms with E-state index in [2.05, 4.69) is 5.32 Å². The molecule has 3 nitrogen and oxygen atoms in total. The van der Waals surface area contributed by atoms with E-state index in [0.717, 1.165) is 25.3 Å². The molecule has 0 amide bonds. The van der Waals surface area contributed by atoms with Crippen molar-refractivity contribution in [2.75, 3.05) is 20.3 Å². The smallest absolute Gasteiger partial charge is 0.0966 e. The van der Waals surface area contributed by atoms with E-state index in [1.165, 1.54) is 0 Å². The molecule has 0 spiro atoms. The Bertz CT molecular complexity index is 88.9. The van der Waals surface area contributed by atoms with Gasteiger partial charge in [0.05, 0.1) is 12.8 Å². The van der Waals surface area contributed by atoms with Crippen LogP contribution in [0.1, 0.15) is 12.8 Å². The van der Waals surface area contributed by atoms with Crippen molar-refractivity contribution in [1.29, 1.82) is 0 Å². The highest BCUT2D eigenvalue weighted by Gasteiger charge is 2.27. The Morgan fingerprint density at radius 1 is 1.60 bits per heavy atom. The van der Waals surface area contributed by atoms with Gasteiger partial charge in [-0.05, 0) is 32.4 Å². The van der Waals surface area contributed by atoms with Crippen molar-refractivity contribution in [2.24, 2.45) is 11.7 Å². The van der Waals surface area contributed by atoms with Crippen LogP contribution >= 0.6 is 0 Å². The summed E-state index contributed by atoms with van der Waals surface area (Å²) in [7, 11) is 1.89. The fraction of sp³-hybridized carbons (Fsp3) is 1.00. The van der Waals surface area contributed by atoms with Gasteiger partial charge in [0.2, 0.25) is 0 Å². The lowest BCUT2D eigenvalue weighted by molar-refractivity contribution is -0.0335. The lowest BCUT2D eigenvalue weighted by Crippen LogP contribution is -2.37.